The topological polar surface area (TPSA) is 9.86 Å². The highest BCUT2D eigenvalue weighted by Crippen LogP contribution is 2.63. The lowest BCUT2D eigenvalue weighted by molar-refractivity contribution is 0.789. The number of fused-ring (bicyclic) bond motifs is 14. The van der Waals surface area contributed by atoms with Crippen LogP contribution in [0, 0.1) is 26.2 Å². The van der Waals surface area contributed by atoms with Gasteiger partial charge in [0.15, 0.2) is 0 Å². The molecule has 2 aliphatic carbocycles. The van der Waals surface area contributed by atoms with Gasteiger partial charge in [0.05, 0.1) is 33.2 Å². The number of benzene rings is 7. The Kier molecular flexibility index (Phi) is 5.98. The molecular weight excluding hydrogens is 641 g/mol. The Labute approximate surface area is 308 Å². The molecule has 11 rings (SSSR count). The SMILES string of the molecule is C#Cc1c(C=C)n(-c2ccc3c(c2)C2(c4cc(C)ccc4-c4ccc(C)cc42)c2cc(-n4c5ccccc5c5ccccc54)ccc2-3)c2ccccc12. The average molecular weight is 675 g/mol. The van der Waals surface area contributed by atoms with Gasteiger partial charge in [0.1, 0.15) is 0 Å². The summed E-state index contributed by atoms with van der Waals surface area (Å²) in [4.78, 5) is 0. The Morgan fingerprint density at radius 2 is 0.925 bits per heavy atom. The van der Waals surface area contributed by atoms with Gasteiger partial charge in [0.25, 0.3) is 0 Å². The summed E-state index contributed by atoms with van der Waals surface area (Å²) in [6.07, 6.45) is 8.07. The van der Waals surface area contributed by atoms with Gasteiger partial charge in [-0.25, -0.2) is 0 Å². The van der Waals surface area contributed by atoms with E-state index in [0.717, 1.165) is 33.5 Å². The smallest absolute Gasteiger partial charge is 0.0727 e. The van der Waals surface area contributed by atoms with E-state index < -0.39 is 5.41 Å². The highest BCUT2D eigenvalue weighted by Gasteiger charge is 2.52. The van der Waals surface area contributed by atoms with E-state index in [-0.39, 0.29) is 0 Å². The minimum atomic E-state index is -0.537. The Balaban J connectivity index is 1.27. The van der Waals surface area contributed by atoms with Crippen LogP contribution in [0.15, 0.2) is 152 Å². The first-order valence-corrected chi connectivity index (χ1v) is 18.3. The predicted octanol–water partition coefficient (Wildman–Crippen LogP) is 12.3. The Bertz CT molecular complexity index is 3010. The highest BCUT2D eigenvalue weighted by atomic mass is 15.0. The van der Waals surface area contributed by atoms with E-state index in [2.05, 4.69) is 181 Å². The fraction of sp³-hybridized carbons (Fsp3) is 0.0588. The molecule has 2 aliphatic rings. The molecule has 53 heavy (non-hydrogen) atoms. The van der Waals surface area contributed by atoms with Crippen molar-refractivity contribution in [2.75, 3.05) is 0 Å². The van der Waals surface area contributed by atoms with Crippen molar-refractivity contribution >= 4 is 38.8 Å². The molecule has 2 heterocycles. The van der Waals surface area contributed by atoms with E-state index >= 15 is 0 Å². The summed E-state index contributed by atoms with van der Waals surface area (Å²) < 4.78 is 4.74. The van der Waals surface area contributed by atoms with Crippen LogP contribution in [0.4, 0.5) is 0 Å². The van der Waals surface area contributed by atoms with Crippen LogP contribution in [-0.2, 0) is 5.41 Å². The Hall–Kier alpha value is -6.82. The van der Waals surface area contributed by atoms with Crippen molar-refractivity contribution in [3.63, 3.8) is 0 Å². The lowest BCUT2D eigenvalue weighted by Crippen LogP contribution is -2.26. The van der Waals surface area contributed by atoms with Crippen molar-refractivity contribution in [2.24, 2.45) is 0 Å². The fourth-order valence-corrected chi connectivity index (χ4v) is 9.79. The molecule has 7 aromatic carbocycles. The second kappa shape index (κ2) is 10.6. The summed E-state index contributed by atoms with van der Waals surface area (Å²) in [5, 5.41) is 3.58. The van der Waals surface area contributed by atoms with E-state index in [4.69, 9.17) is 6.42 Å². The Morgan fingerprint density at radius 3 is 1.42 bits per heavy atom. The molecule has 0 radical (unpaired) electrons. The van der Waals surface area contributed by atoms with E-state index in [1.54, 1.807) is 0 Å². The van der Waals surface area contributed by atoms with Crippen LogP contribution in [0.1, 0.15) is 44.6 Å². The summed E-state index contributed by atoms with van der Waals surface area (Å²) in [7, 11) is 0. The maximum absolute atomic E-state index is 6.17. The predicted molar refractivity (Wildman–Crippen MR) is 221 cm³/mol. The maximum Gasteiger partial charge on any atom is 0.0727 e. The summed E-state index contributed by atoms with van der Waals surface area (Å²) in [5.41, 5.74) is 19.9. The molecule has 0 aliphatic heterocycles. The van der Waals surface area contributed by atoms with Crippen LogP contribution in [0.5, 0.6) is 0 Å². The minimum Gasteiger partial charge on any atom is -0.309 e. The first kappa shape index (κ1) is 29.9. The monoisotopic (exact) mass is 674 g/mol. The van der Waals surface area contributed by atoms with Crippen molar-refractivity contribution < 1.29 is 0 Å². The molecular formula is C51H34N2. The third-order valence-electron chi connectivity index (χ3n) is 11.9. The van der Waals surface area contributed by atoms with E-state index in [1.165, 1.54) is 77.4 Å². The highest BCUT2D eigenvalue weighted by molar-refractivity contribution is 6.09. The van der Waals surface area contributed by atoms with E-state index in [9.17, 15) is 0 Å². The number of para-hydroxylation sites is 3. The standard InChI is InChI=1S/C51H34N2/c1-5-35-40-13-7-10-16-48(40)52(47(35)6-2)33-21-25-38-39-26-22-34(53-49-17-11-8-14-41(49)42-15-9-12-18-50(42)53)30-46(39)51(45(38)29-33)43-27-31(3)19-23-36(43)37-24-20-32(4)28-44(37)51/h1,6-30H,2H2,3-4H3. The zero-order valence-corrected chi connectivity index (χ0v) is 29.6. The number of aryl methyl sites for hydroxylation is 2. The first-order chi connectivity index (χ1) is 26.0. The summed E-state index contributed by atoms with van der Waals surface area (Å²) >= 11 is 0. The van der Waals surface area contributed by atoms with Crippen molar-refractivity contribution in [3.05, 3.63) is 197 Å². The van der Waals surface area contributed by atoms with Crippen LogP contribution in [0.2, 0.25) is 0 Å². The largest absolute Gasteiger partial charge is 0.309 e. The van der Waals surface area contributed by atoms with Crippen LogP contribution >= 0.6 is 0 Å². The van der Waals surface area contributed by atoms with Gasteiger partial charge >= 0.3 is 0 Å². The molecule has 0 atom stereocenters. The van der Waals surface area contributed by atoms with Crippen molar-refractivity contribution in [3.8, 4) is 46.0 Å². The lowest BCUT2D eigenvalue weighted by atomic mass is 9.70. The van der Waals surface area contributed by atoms with Crippen LogP contribution in [0.25, 0.3) is 72.4 Å². The third-order valence-corrected chi connectivity index (χ3v) is 11.9. The first-order valence-electron chi connectivity index (χ1n) is 18.3. The number of aromatic nitrogens is 2. The quantitative estimate of drug-likeness (QED) is 0.165. The normalized spacial score (nSPS) is 13.3. The molecule has 248 valence electrons. The van der Waals surface area contributed by atoms with Crippen molar-refractivity contribution in [1.82, 2.24) is 9.13 Å². The summed E-state index contributed by atoms with van der Waals surface area (Å²) in [6.45, 7) is 8.67. The van der Waals surface area contributed by atoms with Gasteiger partial charge in [-0.15, -0.1) is 6.42 Å². The molecule has 0 N–H and O–H groups in total. The zero-order valence-electron chi connectivity index (χ0n) is 29.6. The number of rotatable bonds is 3. The van der Waals surface area contributed by atoms with Gasteiger partial charge in [0, 0.05) is 27.5 Å². The molecule has 0 saturated carbocycles. The van der Waals surface area contributed by atoms with Crippen LogP contribution in [-0.4, -0.2) is 9.13 Å². The molecule has 0 bridgehead atoms. The third kappa shape index (κ3) is 3.73. The number of nitrogens with zero attached hydrogens (tertiary/aromatic N) is 2. The minimum absolute atomic E-state index is 0.537. The summed E-state index contributed by atoms with van der Waals surface area (Å²) in [6, 6.07) is 54.2. The van der Waals surface area contributed by atoms with E-state index in [0.29, 0.717) is 0 Å². The van der Waals surface area contributed by atoms with Gasteiger partial charge in [-0.05, 0) is 107 Å². The van der Waals surface area contributed by atoms with Gasteiger partial charge in [-0.2, -0.15) is 0 Å². The van der Waals surface area contributed by atoms with Crippen molar-refractivity contribution in [1.29, 1.82) is 0 Å². The summed E-state index contributed by atoms with van der Waals surface area (Å²) in [5.74, 6) is 2.98. The molecule has 0 unspecified atom stereocenters. The molecule has 0 fully saturated rings. The maximum atomic E-state index is 6.17. The number of terminal acetylenes is 1. The molecule has 9 aromatic rings. The van der Waals surface area contributed by atoms with Gasteiger partial charge in [0.2, 0.25) is 0 Å². The van der Waals surface area contributed by atoms with Crippen LogP contribution < -0.4 is 0 Å². The van der Waals surface area contributed by atoms with Gasteiger partial charge in [-0.3, -0.25) is 0 Å². The molecule has 2 nitrogen and oxygen atoms in total. The second-order valence-electron chi connectivity index (χ2n) is 14.6. The zero-order chi connectivity index (χ0) is 35.6. The van der Waals surface area contributed by atoms with Gasteiger partial charge < -0.3 is 9.13 Å². The van der Waals surface area contributed by atoms with Crippen molar-refractivity contribution in [2.45, 2.75) is 19.3 Å². The average Bonchev–Trinajstić information content (AvgIpc) is 3.88. The fourth-order valence-electron chi connectivity index (χ4n) is 9.79. The molecule has 2 aromatic heterocycles. The van der Waals surface area contributed by atoms with Gasteiger partial charge in [-0.1, -0.05) is 127 Å². The molecule has 0 amide bonds. The molecule has 2 heteroatoms. The number of hydrogen-bond acceptors (Lipinski definition) is 0. The lowest BCUT2D eigenvalue weighted by Gasteiger charge is -2.31. The molecule has 0 saturated heterocycles. The molecule has 1 spiro atoms. The van der Waals surface area contributed by atoms with E-state index in [1.807, 2.05) is 6.08 Å². The number of hydrogen-bond donors (Lipinski definition) is 0. The van der Waals surface area contributed by atoms with Crippen LogP contribution in [0.3, 0.4) is 0 Å². The Morgan fingerprint density at radius 1 is 0.509 bits per heavy atom. The second-order valence-corrected chi connectivity index (χ2v) is 14.6.